The van der Waals surface area contributed by atoms with Crippen LogP contribution >= 0.6 is 28.1 Å². The van der Waals surface area contributed by atoms with E-state index in [2.05, 4.69) is 26.6 Å². The number of carbonyl (C=O) groups excluding carboxylic acids is 1. The number of carbonyl (C=O) groups is 1. The molecule has 0 aliphatic carbocycles. The van der Waals surface area contributed by atoms with Crippen molar-refractivity contribution < 1.29 is 13.9 Å². The number of hydrogen-bond acceptors (Lipinski definition) is 4. The second kappa shape index (κ2) is 6.31. The van der Waals surface area contributed by atoms with Gasteiger partial charge in [0.1, 0.15) is 0 Å². The van der Waals surface area contributed by atoms with E-state index in [1.165, 1.54) is 0 Å². The highest BCUT2D eigenvalue weighted by molar-refractivity contribution is 9.10. The summed E-state index contributed by atoms with van der Waals surface area (Å²) in [6.07, 6.45) is 2.28. The van der Waals surface area contributed by atoms with Gasteiger partial charge in [-0.2, -0.15) is 0 Å². The van der Waals surface area contributed by atoms with Crippen molar-refractivity contribution in [3.05, 3.63) is 22.6 Å². The highest BCUT2D eigenvalue weighted by atomic mass is 79.9. The van der Waals surface area contributed by atoms with Crippen LogP contribution in [0, 0.1) is 0 Å². The van der Waals surface area contributed by atoms with Crippen LogP contribution < -0.4 is 10.6 Å². The molecule has 1 aromatic rings. The van der Waals surface area contributed by atoms with E-state index in [1.807, 2.05) is 0 Å². The van der Waals surface area contributed by atoms with Gasteiger partial charge in [0, 0.05) is 13.2 Å². The molecule has 0 aromatic carbocycles. The van der Waals surface area contributed by atoms with Crippen LogP contribution in [0.3, 0.4) is 0 Å². The Hall–Kier alpha value is -0.920. The molecule has 5 nitrogen and oxygen atoms in total. The van der Waals surface area contributed by atoms with Crippen LogP contribution in [0.25, 0.3) is 0 Å². The van der Waals surface area contributed by atoms with Crippen molar-refractivity contribution >= 4 is 39.2 Å². The average Bonchev–Trinajstić information content (AvgIpc) is 2.97. The molecule has 2 rings (SSSR count). The molecule has 1 atom stereocenters. The lowest BCUT2D eigenvalue weighted by Gasteiger charge is -2.12. The normalized spacial score (nSPS) is 18.6. The van der Waals surface area contributed by atoms with Crippen LogP contribution in [-0.4, -0.2) is 30.3 Å². The zero-order valence-electron chi connectivity index (χ0n) is 9.57. The summed E-state index contributed by atoms with van der Waals surface area (Å²) in [6, 6.07) is 3.22. The van der Waals surface area contributed by atoms with E-state index in [0.717, 1.165) is 19.4 Å². The molecule has 7 heteroatoms. The fourth-order valence-corrected chi connectivity index (χ4v) is 2.14. The van der Waals surface area contributed by atoms with Crippen molar-refractivity contribution in [3.63, 3.8) is 0 Å². The van der Waals surface area contributed by atoms with Gasteiger partial charge in [-0.25, -0.2) is 0 Å². The highest BCUT2D eigenvalue weighted by Gasteiger charge is 2.16. The minimum absolute atomic E-state index is 0.178. The molecular weight excluding hydrogens is 320 g/mol. The number of halogens is 1. The van der Waals surface area contributed by atoms with E-state index in [0.29, 0.717) is 11.2 Å². The van der Waals surface area contributed by atoms with E-state index in [1.54, 1.807) is 12.1 Å². The first-order valence-electron chi connectivity index (χ1n) is 5.61. The average molecular weight is 333 g/mol. The number of amides is 1. The van der Waals surface area contributed by atoms with Crippen LogP contribution in [0.5, 0.6) is 0 Å². The van der Waals surface area contributed by atoms with Gasteiger partial charge >= 0.3 is 0 Å². The molecule has 98 valence electrons. The van der Waals surface area contributed by atoms with Crippen molar-refractivity contribution in [1.29, 1.82) is 0 Å². The van der Waals surface area contributed by atoms with E-state index >= 15 is 0 Å². The van der Waals surface area contributed by atoms with Gasteiger partial charge in [-0.05, 0) is 53.1 Å². The van der Waals surface area contributed by atoms with Crippen molar-refractivity contribution in [3.8, 4) is 0 Å². The summed E-state index contributed by atoms with van der Waals surface area (Å²) in [6.45, 7) is 1.41. The lowest BCUT2D eigenvalue weighted by Crippen LogP contribution is -2.42. The lowest BCUT2D eigenvalue weighted by molar-refractivity contribution is 0.0945. The van der Waals surface area contributed by atoms with Crippen molar-refractivity contribution in [2.45, 2.75) is 18.9 Å². The third-order valence-electron chi connectivity index (χ3n) is 2.54. The number of nitrogens with one attached hydrogen (secondary N) is 2. The molecule has 1 saturated heterocycles. The standard InChI is InChI=1S/C11H13BrN2O3S/c12-9-4-3-8(17-9)10(15)14-11(18)13-6-7-2-1-5-16-7/h3-4,7H,1-2,5-6H2,(H2,13,14,15,18)/t7-/m0/s1. The Kier molecular flexibility index (Phi) is 4.73. The number of furan rings is 1. The fourth-order valence-electron chi connectivity index (χ4n) is 1.66. The Morgan fingerprint density at radius 2 is 2.39 bits per heavy atom. The van der Waals surface area contributed by atoms with Crippen molar-refractivity contribution in [2.24, 2.45) is 0 Å². The van der Waals surface area contributed by atoms with Gasteiger partial charge in [0.25, 0.3) is 5.91 Å². The molecular formula is C11H13BrN2O3S. The van der Waals surface area contributed by atoms with Crippen LogP contribution in [0.4, 0.5) is 0 Å². The van der Waals surface area contributed by atoms with Gasteiger partial charge < -0.3 is 14.5 Å². The van der Waals surface area contributed by atoms with Crippen LogP contribution in [0.15, 0.2) is 21.2 Å². The van der Waals surface area contributed by atoms with Gasteiger partial charge in [0.05, 0.1) is 6.10 Å². The minimum Gasteiger partial charge on any atom is -0.444 e. The molecule has 0 unspecified atom stereocenters. The second-order valence-electron chi connectivity index (χ2n) is 3.90. The lowest BCUT2D eigenvalue weighted by atomic mass is 10.2. The summed E-state index contributed by atoms with van der Waals surface area (Å²) < 4.78 is 11.1. The quantitative estimate of drug-likeness (QED) is 0.827. The SMILES string of the molecule is O=C(NC(=S)NC[C@@H]1CCCO1)c1ccc(Br)o1. The maximum absolute atomic E-state index is 11.7. The first-order chi connectivity index (χ1) is 8.65. The summed E-state index contributed by atoms with van der Waals surface area (Å²) in [5.74, 6) is -0.159. The molecule has 18 heavy (non-hydrogen) atoms. The van der Waals surface area contributed by atoms with Crippen LogP contribution in [0.2, 0.25) is 0 Å². The van der Waals surface area contributed by atoms with Crippen LogP contribution in [0.1, 0.15) is 23.4 Å². The molecule has 1 aliphatic rings. The monoisotopic (exact) mass is 332 g/mol. The van der Waals surface area contributed by atoms with E-state index < -0.39 is 0 Å². The Morgan fingerprint density at radius 1 is 1.56 bits per heavy atom. The third-order valence-corrected chi connectivity index (χ3v) is 3.21. The van der Waals surface area contributed by atoms with Gasteiger partial charge in [-0.1, -0.05) is 0 Å². The zero-order valence-corrected chi connectivity index (χ0v) is 12.0. The molecule has 2 N–H and O–H groups in total. The first-order valence-corrected chi connectivity index (χ1v) is 6.81. The van der Waals surface area contributed by atoms with Gasteiger partial charge in [0.15, 0.2) is 15.5 Å². The Morgan fingerprint density at radius 3 is 3.00 bits per heavy atom. The Balaban J connectivity index is 1.75. The second-order valence-corrected chi connectivity index (χ2v) is 5.09. The third kappa shape index (κ3) is 3.79. The largest absolute Gasteiger partial charge is 0.444 e. The molecule has 1 aliphatic heterocycles. The summed E-state index contributed by atoms with van der Waals surface area (Å²) in [7, 11) is 0. The number of hydrogen-bond donors (Lipinski definition) is 2. The fraction of sp³-hybridized carbons (Fsp3) is 0.455. The van der Waals surface area contributed by atoms with Gasteiger partial charge in [0.2, 0.25) is 0 Å². The summed E-state index contributed by atoms with van der Waals surface area (Å²) in [4.78, 5) is 11.7. The molecule has 0 spiro atoms. The molecule has 0 saturated carbocycles. The maximum Gasteiger partial charge on any atom is 0.293 e. The minimum atomic E-state index is -0.370. The van der Waals surface area contributed by atoms with Crippen molar-refractivity contribution in [1.82, 2.24) is 10.6 Å². The molecule has 1 aromatic heterocycles. The zero-order chi connectivity index (χ0) is 13.0. The predicted molar refractivity (Wildman–Crippen MR) is 73.4 cm³/mol. The van der Waals surface area contributed by atoms with Gasteiger partial charge in [-0.15, -0.1) is 0 Å². The highest BCUT2D eigenvalue weighted by Crippen LogP contribution is 2.13. The number of thiocarbonyl (C=S) groups is 1. The summed E-state index contributed by atoms with van der Waals surface area (Å²) >= 11 is 8.15. The molecule has 1 amide bonds. The Labute approximate surface area is 118 Å². The number of rotatable bonds is 3. The van der Waals surface area contributed by atoms with Crippen molar-refractivity contribution in [2.75, 3.05) is 13.2 Å². The smallest absolute Gasteiger partial charge is 0.293 e. The molecule has 1 fully saturated rings. The van der Waals surface area contributed by atoms with E-state index in [4.69, 9.17) is 21.4 Å². The van der Waals surface area contributed by atoms with E-state index in [-0.39, 0.29) is 22.9 Å². The maximum atomic E-state index is 11.7. The molecule has 2 heterocycles. The first kappa shape index (κ1) is 13.5. The van der Waals surface area contributed by atoms with E-state index in [9.17, 15) is 4.79 Å². The van der Waals surface area contributed by atoms with Gasteiger partial charge in [-0.3, -0.25) is 10.1 Å². The summed E-state index contributed by atoms with van der Waals surface area (Å²) in [5, 5.41) is 5.78. The topological polar surface area (TPSA) is 63.5 Å². The Bertz CT molecular complexity index is 443. The van der Waals surface area contributed by atoms with Crippen LogP contribution in [-0.2, 0) is 4.74 Å². The number of ether oxygens (including phenoxy) is 1. The molecule has 0 bridgehead atoms. The summed E-state index contributed by atoms with van der Waals surface area (Å²) in [5.41, 5.74) is 0. The molecule has 0 radical (unpaired) electrons. The predicted octanol–water partition coefficient (Wildman–Crippen LogP) is 1.83.